The molecule has 0 atom stereocenters. The minimum absolute atomic E-state index is 0.0683. The van der Waals surface area contributed by atoms with E-state index in [4.69, 9.17) is 4.98 Å². The van der Waals surface area contributed by atoms with Gasteiger partial charge in [0.2, 0.25) is 0 Å². The van der Waals surface area contributed by atoms with Gasteiger partial charge in [0.05, 0.1) is 16.1 Å². The molecular weight excluding hydrogens is 360 g/mol. The fourth-order valence-corrected chi connectivity index (χ4v) is 3.47. The van der Waals surface area contributed by atoms with Crippen LogP contribution in [0.3, 0.4) is 0 Å². The number of nitro benzene ring substituents is 1. The molecule has 4 nitrogen and oxygen atoms in total. The lowest BCUT2D eigenvalue weighted by molar-refractivity contribution is -0.384. The summed E-state index contributed by atoms with van der Waals surface area (Å²) in [5.74, 6) is 0. The van der Waals surface area contributed by atoms with Crippen LogP contribution in [-0.2, 0) is 5.41 Å². The van der Waals surface area contributed by atoms with Crippen molar-refractivity contribution in [1.29, 1.82) is 0 Å². The van der Waals surface area contributed by atoms with E-state index in [1.807, 2.05) is 36.4 Å². The molecule has 4 aromatic rings. The lowest BCUT2D eigenvalue weighted by atomic mass is 9.86. The predicted molar refractivity (Wildman–Crippen MR) is 118 cm³/mol. The Bertz CT molecular complexity index is 1190. The van der Waals surface area contributed by atoms with Gasteiger partial charge in [0.15, 0.2) is 0 Å². The minimum atomic E-state index is -0.368. The van der Waals surface area contributed by atoms with Gasteiger partial charge in [-0.2, -0.15) is 0 Å². The first-order valence-corrected chi connectivity index (χ1v) is 9.58. The van der Waals surface area contributed by atoms with Gasteiger partial charge in [0.25, 0.3) is 5.69 Å². The molecule has 0 spiro atoms. The second kappa shape index (κ2) is 7.13. The third-order valence-electron chi connectivity index (χ3n) is 5.13. The van der Waals surface area contributed by atoms with E-state index in [2.05, 4.69) is 45.0 Å². The molecule has 4 heteroatoms. The highest BCUT2D eigenvalue weighted by molar-refractivity contribution is 5.97. The van der Waals surface area contributed by atoms with Crippen molar-refractivity contribution >= 4 is 16.6 Å². The first kappa shape index (κ1) is 18.8. The Morgan fingerprint density at radius 1 is 0.828 bits per heavy atom. The second-order valence-electron chi connectivity index (χ2n) is 8.21. The zero-order valence-electron chi connectivity index (χ0n) is 16.7. The SMILES string of the molecule is CC(C)(C)c1ccc(-c2cc(-c3ccccc3)c3cc([N+](=O)[O-])ccc3n2)cc1. The molecule has 0 amide bonds. The third kappa shape index (κ3) is 3.74. The van der Waals surface area contributed by atoms with Crippen LogP contribution in [0.25, 0.3) is 33.3 Å². The van der Waals surface area contributed by atoms with E-state index in [1.54, 1.807) is 12.1 Å². The lowest BCUT2D eigenvalue weighted by Gasteiger charge is -2.19. The number of non-ortho nitro benzene ring substituents is 1. The van der Waals surface area contributed by atoms with Crippen LogP contribution in [-0.4, -0.2) is 9.91 Å². The van der Waals surface area contributed by atoms with Crippen molar-refractivity contribution in [2.45, 2.75) is 26.2 Å². The van der Waals surface area contributed by atoms with Gasteiger partial charge in [-0.05, 0) is 34.2 Å². The number of nitrogens with zero attached hydrogens (tertiary/aromatic N) is 2. The standard InChI is InChI=1S/C25H22N2O2/c1-25(2,3)19-11-9-18(10-12-19)24-16-21(17-7-5-4-6-8-17)22-15-20(27(28)29)13-14-23(22)26-24/h4-16H,1-3H3. The number of pyridine rings is 1. The molecule has 0 saturated carbocycles. The van der Waals surface area contributed by atoms with Crippen molar-refractivity contribution in [3.63, 3.8) is 0 Å². The zero-order valence-corrected chi connectivity index (χ0v) is 16.7. The summed E-state index contributed by atoms with van der Waals surface area (Å²) in [6, 6.07) is 25.3. The van der Waals surface area contributed by atoms with Crippen molar-refractivity contribution in [1.82, 2.24) is 4.98 Å². The maximum Gasteiger partial charge on any atom is 0.270 e. The molecule has 0 saturated heterocycles. The Labute approximate surface area is 170 Å². The number of nitro groups is 1. The van der Waals surface area contributed by atoms with Crippen LogP contribution in [0.2, 0.25) is 0 Å². The molecule has 0 aliphatic rings. The summed E-state index contributed by atoms with van der Waals surface area (Å²) in [6.07, 6.45) is 0. The topological polar surface area (TPSA) is 56.0 Å². The molecular formula is C25H22N2O2. The first-order valence-electron chi connectivity index (χ1n) is 9.58. The molecule has 1 aromatic heterocycles. The second-order valence-corrected chi connectivity index (χ2v) is 8.21. The molecule has 0 aliphatic carbocycles. The number of aromatic nitrogens is 1. The summed E-state index contributed by atoms with van der Waals surface area (Å²) in [5.41, 5.74) is 5.98. The van der Waals surface area contributed by atoms with E-state index in [0.717, 1.165) is 33.3 Å². The Kier molecular flexibility index (Phi) is 4.63. The van der Waals surface area contributed by atoms with Crippen molar-refractivity contribution in [2.75, 3.05) is 0 Å². The van der Waals surface area contributed by atoms with E-state index in [0.29, 0.717) is 0 Å². The van der Waals surface area contributed by atoms with E-state index < -0.39 is 0 Å². The Balaban J connectivity index is 1.92. The Morgan fingerprint density at radius 3 is 2.14 bits per heavy atom. The molecule has 0 aliphatic heterocycles. The fourth-order valence-electron chi connectivity index (χ4n) is 3.47. The van der Waals surface area contributed by atoms with Crippen LogP contribution in [0.15, 0.2) is 78.9 Å². The van der Waals surface area contributed by atoms with Crippen LogP contribution in [0, 0.1) is 10.1 Å². The summed E-state index contributed by atoms with van der Waals surface area (Å²) in [5, 5.41) is 12.1. The van der Waals surface area contributed by atoms with Crippen LogP contribution in [0.4, 0.5) is 5.69 Å². The molecule has 0 radical (unpaired) electrons. The van der Waals surface area contributed by atoms with Crippen molar-refractivity contribution < 1.29 is 4.92 Å². The van der Waals surface area contributed by atoms with Gasteiger partial charge in [0.1, 0.15) is 0 Å². The average Bonchev–Trinajstić information content (AvgIpc) is 2.72. The number of hydrogen-bond donors (Lipinski definition) is 0. The monoisotopic (exact) mass is 382 g/mol. The van der Waals surface area contributed by atoms with Gasteiger partial charge >= 0.3 is 0 Å². The Morgan fingerprint density at radius 2 is 1.52 bits per heavy atom. The molecule has 1 heterocycles. The zero-order chi connectivity index (χ0) is 20.6. The lowest BCUT2D eigenvalue weighted by Crippen LogP contribution is -2.10. The van der Waals surface area contributed by atoms with Gasteiger partial charge in [-0.3, -0.25) is 10.1 Å². The van der Waals surface area contributed by atoms with Gasteiger partial charge < -0.3 is 0 Å². The van der Waals surface area contributed by atoms with Gasteiger partial charge in [-0.15, -0.1) is 0 Å². The molecule has 0 N–H and O–H groups in total. The maximum atomic E-state index is 11.3. The number of fused-ring (bicyclic) bond motifs is 1. The summed E-state index contributed by atoms with van der Waals surface area (Å²) in [7, 11) is 0. The molecule has 29 heavy (non-hydrogen) atoms. The summed E-state index contributed by atoms with van der Waals surface area (Å²) in [4.78, 5) is 15.7. The number of rotatable bonds is 3. The van der Waals surface area contributed by atoms with Gasteiger partial charge in [-0.25, -0.2) is 4.98 Å². The number of benzene rings is 3. The average molecular weight is 382 g/mol. The van der Waals surface area contributed by atoms with Crippen LogP contribution in [0.1, 0.15) is 26.3 Å². The molecule has 3 aromatic carbocycles. The summed E-state index contributed by atoms with van der Waals surface area (Å²) in [6.45, 7) is 6.57. The van der Waals surface area contributed by atoms with Crippen LogP contribution < -0.4 is 0 Å². The molecule has 0 unspecified atom stereocenters. The molecule has 0 bridgehead atoms. The van der Waals surface area contributed by atoms with E-state index >= 15 is 0 Å². The van der Waals surface area contributed by atoms with Gasteiger partial charge in [-0.1, -0.05) is 75.4 Å². The highest BCUT2D eigenvalue weighted by Gasteiger charge is 2.16. The molecule has 144 valence electrons. The first-order chi connectivity index (χ1) is 13.8. The number of hydrogen-bond acceptors (Lipinski definition) is 3. The minimum Gasteiger partial charge on any atom is -0.258 e. The van der Waals surface area contributed by atoms with E-state index in [1.165, 1.54) is 11.6 Å². The van der Waals surface area contributed by atoms with Crippen molar-refractivity contribution in [3.8, 4) is 22.4 Å². The third-order valence-corrected chi connectivity index (χ3v) is 5.13. The fraction of sp³-hybridized carbons (Fsp3) is 0.160. The highest BCUT2D eigenvalue weighted by atomic mass is 16.6. The molecule has 0 fully saturated rings. The van der Waals surface area contributed by atoms with Crippen molar-refractivity contribution in [2.24, 2.45) is 0 Å². The smallest absolute Gasteiger partial charge is 0.258 e. The summed E-state index contributed by atoms with van der Waals surface area (Å²) < 4.78 is 0. The van der Waals surface area contributed by atoms with Crippen LogP contribution >= 0.6 is 0 Å². The maximum absolute atomic E-state index is 11.3. The van der Waals surface area contributed by atoms with E-state index in [9.17, 15) is 10.1 Å². The normalized spacial score (nSPS) is 11.6. The Hall–Kier alpha value is -3.53. The molecule has 4 rings (SSSR count). The largest absolute Gasteiger partial charge is 0.270 e. The van der Waals surface area contributed by atoms with Crippen molar-refractivity contribution in [3.05, 3.63) is 94.5 Å². The summed E-state index contributed by atoms with van der Waals surface area (Å²) >= 11 is 0. The van der Waals surface area contributed by atoms with E-state index in [-0.39, 0.29) is 16.0 Å². The van der Waals surface area contributed by atoms with Gasteiger partial charge in [0, 0.05) is 23.1 Å². The predicted octanol–water partition coefficient (Wildman–Crippen LogP) is 6.77. The quantitative estimate of drug-likeness (QED) is 0.290. The van der Waals surface area contributed by atoms with Crippen LogP contribution in [0.5, 0.6) is 0 Å². The highest BCUT2D eigenvalue weighted by Crippen LogP contribution is 2.34.